The number of sulfonamides is 1. The number of rotatable bonds is 10. The minimum Gasteiger partial charge on any atom is -0.480 e. The first-order chi connectivity index (χ1) is 17.5. The number of carbonyl (C=O) groups is 4. The smallest absolute Gasteiger partial charge is 0.322 e. The Hall–Kier alpha value is -4.65. The van der Waals surface area contributed by atoms with Crippen molar-refractivity contribution in [3.8, 4) is 0 Å². The largest absolute Gasteiger partial charge is 0.480 e. The summed E-state index contributed by atoms with van der Waals surface area (Å²) in [6.45, 7) is -0.346. The van der Waals surface area contributed by atoms with Gasteiger partial charge in [-0.1, -0.05) is 12.1 Å². The second-order valence-corrected chi connectivity index (χ2v) is 9.28. The molecule has 3 rings (SSSR count). The minimum absolute atomic E-state index is 0.133. The average molecular weight is 529 g/mol. The van der Waals surface area contributed by atoms with Gasteiger partial charge in [-0.05, 0) is 60.5 Å². The summed E-state index contributed by atoms with van der Waals surface area (Å²) in [6.07, 6.45) is 1.39. The number of benzene rings is 2. The Labute approximate surface area is 210 Å². The lowest BCUT2D eigenvalue weighted by molar-refractivity contribution is -0.135. The van der Waals surface area contributed by atoms with Crippen molar-refractivity contribution in [1.29, 1.82) is 0 Å². The van der Waals surface area contributed by atoms with Crippen molar-refractivity contribution in [1.82, 2.24) is 20.3 Å². The molecule has 0 aliphatic rings. The van der Waals surface area contributed by atoms with Crippen LogP contribution in [0.4, 0.5) is 4.39 Å². The van der Waals surface area contributed by atoms with Crippen LogP contribution in [0.15, 0.2) is 71.8 Å². The lowest BCUT2D eigenvalue weighted by Crippen LogP contribution is -2.31. The summed E-state index contributed by atoms with van der Waals surface area (Å²) in [6, 6.07) is 13.1. The second-order valence-electron chi connectivity index (χ2n) is 7.60. The number of aliphatic carboxylic acids is 1. The van der Waals surface area contributed by atoms with E-state index in [9.17, 15) is 32.0 Å². The van der Waals surface area contributed by atoms with Gasteiger partial charge in [0.2, 0.25) is 0 Å². The predicted octanol–water partition coefficient (Wildman–Crippen LogP) is 1.13. The molecule has 192 valence electrons. The number of pyridine rings is 1. The number of carbonyl (C=O) groups excluding carboxylic acids is 3. The lowest BCUT2D eigenvalue weighted by Gasteiger charge is -2.09. The predicted molar refractivity (Wildman–Crippen MR) is 128 cm³/mol. The molecule has 3 aromatic rings. The van der Waals surface area contributed by atoms with Gasteiger partial charge in [-0.3, -0.25) is 24.2 Å². The summed E-state index contributed by atoms with van der Waals surface area (Å²) >= 11 is 0. The van der Waals surface area contributed by atoms with Gasteiger partial charge in [0.25, 0.3) is 27.7 Å². The van der Waals surface area contributed by atoms with Crippen molar-refractivity contribution in [2.75, 3.05) is 13.1 Å². The minimum atomic E-state index is -4.21. The quantitative estimate of drug-likeness (QED) is 0.303. The molecular formula is C24H21FN4O7S. The van der Waals surface area contributed by atoms with Crippen LogP contribution in [0.1, 0.15) is 36.8 Å². The van der Waals surface area contributed by atoms with Crippen LogP contribution < -0.4 is 15.4 Å². The fraction of sp³-hybridized carbons (Fsp3) is 0.125. The van der Waals surface area contributed by atoms with Gasteiger partial charge in [-0.2, -0.15) is 0 Å². The van der Waals surface area contributed by atoms with Gasteiger partial charge in [-0.15, -0.1) is 0 Å². The molecule has 37 heavy (non-hydrogen) atoms. The van der Waals surface area contributed by atoms with E-state index in [0.29, 0.717) is 12.0 Å². The first-order valence-corrected chi connectivity index (χ1v) is 12.2. The van der Waals surface area contributed by atoms with Gasteiger partial charge >= 0.3 is 5.97 Å². The Morgan fingerprint density at radius 3 is 2.05 bits per heavy atom. The molecule has 0 radical (unpaired) electrons. The summed E-state index contributed by atoms with van der Waals surface area (Å²) in [4.78, 5) is 50.3. The first-order valence-electron chi connectivity index (χ1n) is 10.7. The van der Waals surface area contributed by atoms with Gasteiger partial charge in [0.15, 0.2) is 0 Å². The SMILES string of the molecule is O=C(O)CNC(=O)c1ccc(C(=O)NS(=O)(=O)c2ccc(CCNC(=O)c3ccc(F)cc3)cc2)cn1. The van der Waals surface area contributed by atoms with Crippen molar-refractivity contribution in [2.24, 2.45) is 0 Å². The highest BCUT2D eigenvalue weighted by atomic mass is 32.2. The van der Waals surface area contributed by atoms with Gasteiger partial charge < -0.3 is 15.7 Å². The zero-order valence-electron chi connectivity index (χ0n) is 19.1. The first kappa shape index (κ1) is 26.9. The Balaban J connectivity index is 1.54. The molecule has 0 fully saturated rings. The van der Waals surface area contributed by atoms with E-state index in [4.69, 9.17) is 5.11 Å². The van der Waals surface area contributed by atoms with Crippen LogP contribution in [0.5, 0.6) is 0 Å². The molecule has 3 amide bonds. The van der Waals surface area contributed by atoms with Gasteiger partial charge in [-0.25, -0.2) is 17.5 Å². The molecule has 4 N–H and O–H groups in total. The Morgan fingerprint density at radius 2 is 1.46 bits per heavy atom. The Morgan fingerprint density at radius 1 is 0.811 bits per heavy atom. The zero-order chi connectivity index (χ0) is 27.0. The van der Waals surface area contributed by atoms with E-state index in [0.717, 1.165) is 17.8 Å². The van der Waals surface area contributed by atoms with E-state index in [-0.39, 0.29) is 28.6 Å². The molecule has 0 atom stereocenters. The number of carboxylic acid groups (broad SMARTS) is 1. The van der Waals surface area contributed by atoms with Crippen molar-refractivity contribution >= 4 is 33.7 Å². The van der Waals surface area contributed by atoms with Crippen LogP contribution in [0.2, 0.25) is 0 Å². The number of aromatic nitrogens is 1. The maximum absolute atomic E-state index is 13.0. The number of carboxylic acids is 1. The number of amides is 3. The number of halogens is 1. The molecule has 0 spiro atoms. The average Bonchev–Trinajstić information content (AvgIpc) is 2.87. The highest BCUT2D eigenvalue weighted by Crippen LogP contribution is 2.12. The maximum atomic E-state index is 13.0. The van der Waals surface area contributed by atoms with E-state index in [1.807, 2.05) is 4.72 Å². The standard InChI is InChI=1S/C24H21FN4O7S/c25-18-6-3-16(4-7-18)22(32)26-12-11-15-1-8-19(9-2-15)37(35,36)29-23(33)17-5-10-20(27-13-17)24(34)28-14-21(30)31/h1-10,13H,11-12,14H2,(H,26,32)(H,28,34)(H,29,33)(H,30,31). The Bertz CT molecular complexity index is 1410. The number of hydrogen-bond donors (Lipinski definition) is 4. The molecule has 13 heteroatoms. The highest BCUT2D eigenvalue weighted by Gasteiger charge is 2.19. The van der Waals surface area contributed by atoms with Crippen LogP contribution in [0, 0.1) is 5.82 Å². The summed E-state index contributed by atoms with van der Waals surface area (Å²) in [7, 11) is -4.21. The molecule has 11 nitrogen and oxygen atoms in total. The molecule has 0 aliphatic carbocycles. The summed E-state index contributed by atoms with van der Waals surface area (Å²) in [5.41, 5.74) is 0.757. The topological polar surface area (TPSA) is 172 Å². The van der Waals surface area contributed by atoms with E-state index < -0.39 is 40.2 Å². The highest BCUT2D eigenvalue weighted by molar-refractivity contribution is 7.90. The molecule has 1 heterocycles. The van der Waals surface area contributed by atoms with Crippen molar-refractivity contribution in [3.05, 3.63) is 95.1 Å². The number of hydrogen-bond acceptors (Lipinski definition) is 7. The van der Waals surface area contributed by atoms with Crippen LogP contribution in [0.3, 0.4) is 0 Å². The van der Waals surface area contributed by atoms with E-state index in [1.54, 1.807) is 0 Å². The molecule has 2 aromatic carbocycles. The summed E-state index contributed by atoms with van der Waals surface area (Å²) < 4.78 is 40.0. The molecule has 0 aliphatic heterocycles. The fourth-order valence-corrected chi connectivity index (χ4v) is 3.98. The van der Waals surface area contributed by atoms with Gasteiger partial charge in [0, 0.05) is 18.3 Å². The van der Waals surface area contributed by atoms with Crippen LogP contribution >= 0.6 is 0 Å². The van der Waals surface area contributed by atoms with E-state index in [1.165, 1.54) is 54.6 Å². The van der Waals surface area contributed by atoms with Crippen molar-refractivity contribution < 1.29 is 37.1 Å². The lowest BCUT2D eigenvalue weighted by atomic mass is 10.1. The molecule has 1 aromatic heterocycles. The van der Waals surface area contributed by atoms with Crippen molar-refractivity contribution in [3.63, 3.8) is 0 Å². The third-order valence-corrected chi connectivity index (χ3v) is 6.27. The molecule has 0 bridgehead atoms. The summed E-state index contributed by atoms with van der Waals surface area (Å²) in [5.74, 6) is -3.80. The van der Waals surface area contributed by atoms with Crippen LogP contribution in [-0.4, -0.2) is 55.3 Å². The number of nitrogens with zero attached hydrogens (tertiary/aromatic N) is 1. The molecular weight excluding hydrogens is 507 g/mol. The van der Waals surface area contributed by atoms with Gasteiger partial charge in [0.1, 0.15) is 18.1 Å². The van der Waals surface area contributed by atoms with Crippen LogP contribution in [0.25, 0.3) is 0 Å². The monoisotopic (exact) mass is 528 g/mol. The third-order valence-electron chi connectivity index (χ3n) is 4.92. The zero-order valence-corrected chi connectivity index (χ0v) is 19.9. The maximum Gasteiger partial charge on any atom is 0.322 e. The molecule has 0 saturated heterocycles. The van der Waals surface area contributed by atoms with Crippen molar-refractivity contribution in [2.45, 2.75) is 11.3 Å². The molecule has 0 saturated carbocycles. The Kier molecular flexibility index (Phi) is 8.64. The third kappa shape index (κ3) is 7.67. The fourth-order valence-electron chi connectivity index (χ4n) is 3.01. The normalized spacial score (nSPS) is 10.8. The summed E-state index contributed by atoms with van der Waals surface area (Å²) in [5, 5.41) is 13.4. The number of nitrogens with one attached hydrogen (secondary N) is 3. The van der Waals surface area contributed by atoms with E-state index in [2.05, 4.69) is 15.6 Å². The van der Waals surface area contributed by atoms with Crippen LogP contribution in [-0.2, 0) is 21.2 Å². The molecule has 0 unspecified atom stereocenters. The van der Waals surface area contributed by atoms with E-state index >= 15 is 0 Å². The second kappa shape index (κ2) is 11.9. The van der Waals surface area contributed by atoms with Gasteiger partial charge in [0.05, 0.1) is 10.5 Å².